The molecule has 0 bridgehead atoms. The lowest BCUT2D eigenvalue weighted by atomic mass is 10.1. The van der Waals surface area contributed by atoms with E-state index in [2.05, 4.69) is 10.6 Å². The molecule has 6 nitrogen and oxygen atoms in total. The summed E-state index contributed by atoms with van der Waals surface area (Å²) < 4.78 is 16.0. The quantitative estimate of drug-likeness (QED) is 0.813. The highest BCUT2D eigenvalue weighted by atomic mass is 35.5. The summed E-state index contributed by atoms with van der Waals surface area (Å²) in [6.07, 6.45) is 0. The van der Waals surface area contributed by atoms with Crippen LogP contribution in [0.4, 0.5) is 10.5 Å². The van der Waals surface area contributed by atoms with Crippen LogP contribution in [-0.2, 0) is 6.54 Å². The fourth-order valence-electron chi connectivity index (χ4n) is 2.41. The van der Waals surface area contributed by atoms with Crippen LogP contribution in [0.2, 0.25) is 5.02 Å². The highest BCUT2D eigenvalue weighted by Gasteiger charge is 2.16. The van der Waals surface area contributed by atoms with E-state index in [0.29, 0.717) is 28.0 Å². The zero-order chi connectivity index (χ0) is 18.4. The van der Waals surface area contributed by atoms with Crippen LogP contribution in [-0.4, -0.2) is 27.4 Å². The number of hydrogen-bond acceptors (Lipinski definition) is 4. The van der Waals surface area contributed by atoms with Crippen LogP contribution in [0.3, 0.4) is 0 Å². The van der Waals surface area contributed by atoms with Gasteiger partial charge in [-0.3, -0.25) is 0 Å². The van der Waals surface area contributed by atoms with Gasteiger partial charge < -0.3 is 24.8 Å². The standard InChI is InChI=1S/C18H21ClN2O4/c1-11-9-13(19)6-7-14(11)21-18(22)20-10-12-5-8-15(23-2)17(25-4)16(12)24-3/h5-9H,10H2,1-4H3,(H2,20,21,22). The van der Waals surface area contributed by atoms with E-state index in [1.165, 1.54) is 14.2 Å². The average molecular weight is 365 g/mol. The molecule has 2 rings (SSSR count). The second kappa shape index (κ2) is 8.48. The summed E-state index contributed by atoms with van der Waals surface area (Å²) in [5.74, 6) is 1.56. The van der Waals surface area contributed by atoms with Crippen molar-refractivity contribution >= 4 is 23.3 Å². The van der Waals surface area contributed by atoms with E-state index in [-0.39, 0.29) is 12.6 Å². The molecule has 0 atom stereocenters. The summed E-state index contributed by atoms with van der Waals surface area (Å²) in [4.78, 5) is 12.1. The van der Waals surface area contributed by atoms with E-state index in [1.807, 2.05) is 13.0 Å². The Labute approximate surface area is 152 Å². The van der Waals surface area contributed by atoms with E-state index in [9.17, 15) is 4.79 Å². The summed E-state index contributed by atoms with van der Waals surface area (Å²) in [5, 5.41) is 6.21. The number of benzene rings is 2. The molecule has 2 aromatic rings. The van der Waals surface area contributed by atoms with Crippen molar-refractivity contribution in [3.05, 3.63) is 46.5 Å². The molecular weight excluding hydrogens is 344 g/mol. The fraction of sp³-hybridized carbons (Fsp3) is 0.278. The number of amides is 2. The molecule has 25 heavy (non-hydrogen) atoms. The first kappa shape index (κ1) is 18.7. The second-order valence-electron chi connectivity index (χ2n) is 5.26. The van der Waals surface area contributed by atoms with Gasteiger partial charge >= 0.3 is 6.03 Å². The molecule has 0 aliphatic heterocycles. The Hall–Kier alpha value is -2.60. The van der Waals surface area contributed by atoms with Crippen LogP contribution in [0.1, 0.15) is 11.1 Å². The number of urea groups is 1. The highest BCUT2D eigenvalue weighted by Crippen LogP contribution is 2.39. The smallest absolute Gasteiger partial charge is 0.319 e. The fourth-order valence-corrected chi connectivity index (χ4v) is 2.64. The number of anilines is 1. The Bertz CT molecular complexity index is 765. The van der Waals surface area contributed by atoms with Gasteiger partial charge in [0.05, 0.1) is 21.3 Å². The lowest BCUT2D eigenvalue weighted by molar-refractivity contribution is 0.251. The van der Waals surface area contributed by atoms with Gasteiger partial charge in [-0.1, -0.05) is 11.6 Å². The van der Waals surface area contributed by atoms with Crippen molar-refractivity contribution in [1.29, 1.82) is 0 Å². The number of methoxy groups -OCH3 is 3. The van der Waals surface area contributed by atoms with Crippen molar-refractivity contribution < 1.29 is 19.0 Å². The van der Waals surface area contributed by atoms with Crippen molar-refractivity contribution in [3.63, 3.8) is 0 Å². The lowest BCUT2D eigenvalue weighted by Gasteiger charge is -2.16. The predicted octanol–water partition coefficient (Wildman–Crippen LogP) is 4.00. The third-order valence-electron chi connectivity index (χ3n) is 3.66. The van der Waals surface area contributed by atoms with Gasteiger partial charge in [0.15, 0.2) is 11.5 Å². The third-order valence-corrected chi connectivity index (χ3v) is 3.90. The zero-order valence-electron chi connectivity index (χ0n) is 14.6. The second-order valence-corrected chi connectivity index (χ2v) is 5.70. The summed E-state index contributed by atoms with van der Waals surface area (Å²) in [6.45, 7) is 2.14. The van der Waals surface area contributed by atoms with E-state index in [1.54, 1.807) is 31.4 Å². The number of halogens is 1. The maximum atomic E-state index is 12.1. The van der Waals surface area contributed by atoms with Crippen LogP contribution in [0, 0.1) is 6.92 Å². The number of hydrogen-bond donors (Lipinski definition) is 2. The van der Waals surface area contributed by atoms with Gasteiger partial charge in [0.2, 0.25) is 5.75 Å². The van der Waals surface area contributed by atoms with Crippen molar-refractivity contribution in [2.45, 2.75) is 13.5 Å². The van der Waals surface area contributed by atoms with Gasteiger partial charge in [-0.25, -0.2) is 4.79 Å². The lowest BCUT2D eigenvalue weighted by Crippen LogP contribution is -2.28. The molecule has 0 unspecified atom stereocenters. The minimum atomic E-state index is -0.331. The molecule has 134 valence electrons. The summed E-state index contributed by atoms with van der Waals surface area (Å²) in [6, 6.07) is 8.51. The molecular formula is C18H21ClN2O4. The van der Waals surface area contributed by atoms with Crippen LogP contribution >= 0.6 is 11.6 Å². The largest absolute Gasteiger partial charge is 0.493 e. The Morgan fingerprint density at radius 1 is 1.04 bits per heavy atom. The van der Waals surface area contributed by atoms with E-state index < -0.39 is 0 Å². The number of aryl methyl sites for hydroxylation is 1. The predicted molar refractivity (Wildman–Crippen MR) is 98.1 cm³/mol. The van der Waals surface area contributed by atoms with Gasteiger partial charge in [0, 0.05) is 22.8 Å². The number of ether oxygens (including phenoxy) is 3. The van der Waals surface area contributed by atoms with E-state index >= 15 is 0 Å². The highest BCUT2D eigenvalue weighted by molar-refractivity contribution is 6.30. The van der Waals surface area contributed by atoms with Crippen LogP contribution in [0.25, 0.3) is 0 Å². The van der Waals surface area contributed by atoms with Crippen LogP contribution in [0.5, 0.6) is 17.2 Å². The SMILES string of the molecule is COc1ccc(CNC(=O)Nc2ccc(Cl)cc2C)c(OC)c1OC. The minimum Gasteiger partial charge on any atom is -0.493 e. The summed E-state index contributed by atoms with van der Waals surface area (Å²) in [7, 11) is 4.63. The first-order valence-corrected chi connectivity index (χ1v) is 7.96. The molecule has 0 spiro atoms. The molecule has 2 amide bonds. The third kappa shape index (κ3) is 4.48. The topological polar surface area (TPSA) is 68.8 Å². The van der Waals surface area contributed by atoms with Crippen LogP contribution < -0.4 is 24.8 Å². The number of nitrogens with one attached hydrogen (secondary N) is 2. The molecule has 0 fully saturated rings. The molecule has 0 aliphatic rings. The van der Waals surface area contributed by atoms with Gasteiger partial charge in [-0.05, 0) is 42.8 Å². The number of rotatable bonds is 6. The molecule has 2 aromatic carbocycles. The molecule has 0 aliphatic carbocycles. The molecule has 0 aromatic heterocycles. The monoisotopic (exact) mass is 364 g/mol. The maximum absolute atomic E-state index is 12.1. The van der Waals surface area contributed by atoms with Crippen molar-refractivity contribution in [3.8, 4) is 17.2 Å². The zero-order valence-corrected chi connectivity index (χ0v) is 15.4. The Kier molecular flexibility index (Phi) is 6.36. The van der Waals surface area contributed by atoms with Gasteiger partial charge in [0.1, 0.15) is 0 Å². The van der Waals surface area contributed by atoms with Crippen molar-refractivity contribution in [1.82, 2.24) is 5.32 Å². The normalized spacial score (nSPS) is 10.1. The van der Waals surface area contributed by atoms with Crippen LogP contribution in [0.15, 0.2) is 30.3 Å². The van der Waals surface area contributed by atoms with E-state index in [0.717, 1.165) is 11.1 Å². The molecule has 0 radical (unpaired) electrons. The molecule has 2 N–H and O–H groups in total. The molecule has 7 heteroatoms. The molecule has 0 saturated heterocycles. The van der Waals surface area contributed by atoms with Gasteiger partial charge in [0.25, 0.3) is 0 Å². The van der Waals surface area contributed by atoms with Gasteiger partial charge in [-0.15, -0.1) is 0 Å². The average Bonchev–Trinajstić information content (AvgIpc) is 2.61. The summed E-state index contributed by atoms with van der Waals surface area (Å²) in [5.41, 5.74) is 2.34. The van der Waals surface area contributed by atoms with Crippen molar-refractivity contribution in [2.75, 3.05) is 26.6 Å². The van der Waals surface area contributed by atoms with Crippen molar-refractivity contribution in [2.24, 2.45) is 0 Å². The number of carbonyl (C=O) groups is 1. The first-order valence-electron chi connectivity index (χ1n) is 7.59. The van der Waals surface area contributed by atoms with E-state index in [4.69, 9.17) is 25.8 Å². The number of carbonyl (C=O) groups excluding carboxylic acids is 1. The Morgan fingerprint density at radius 3 is 2.36 bits per heavy atom. The maximum Gasteiger partial charge on any atom is 0.319 e. The molecule has 0 saturated carbocycles. The first-order chi connectivity index (χ1) is 12.0. The minimum absolute atomic E-state index is 0.266. The Balaban J connectivity index is 2.09. The Morgan fingerprint density at radius 2 is 1.76 bits per heavy atom. The van der Waals surface area contributed by atoms with Gasteiger partial charge in [-0.2, -0.15) is 0 Å². The molecule has 0 heterocycles. The summed E-state index contributed by atoms with van der Waals surface area (Å²) >= 11 is 5.92.